The van der Waals surface area contributed by atoms with E-state index in [-0.39, 0.29) is 23.7 Å². The molecule has 2 aromatic carbocycles. The molecule has 1 saturated carbocycles. The van der Waals surface area contributed by atoms with Crippen LogP contribution in [0.5, 0.6) is 0 Å². The predicted molar refractivity (Wildman–Crippen MR) is 103 cm³/mol. The highest BCUT2D eigenvalue weighted by molar-refractivity contribution is 6.00. The molecule has 2 heterocycles. The van der Waals surface area contributed by atoms with Gasteiger partial charge in [0.05, 0.1) is 0 Å². The normalized spacial score (nSPS) is 24.9. The van der Waals surface area contributed by atoms with Gasteiger partial charge in [0.2, 0.25) is 5.91 Å². The second-order valence-corrected chi connectivity index (χ2v) is 7.92. The van der Waals surface area contributed by atoms with Crippen LogP contribution in [-0.4, -0.2) is 29.9 Å². The van der Waals surface area contributed by atoms with Crippen molar-refractivity contribution >= 4 is 17.6 Å². The van der Waals surface area contributed by atoms with E-state index < -0.39 is 0 Å². The van der Waals surface area contributed by atoms with Crippen LogP contribution in [0.25, 0.3) is 0 Å². The highest BCUT2D eigenvalue weighted by atomic mass is 19.1. The van der Waals surface area contributed by atoms with Gasteiger partial charge in [0.1, 0.15) is 5.82 Å². The molecule has 3 amide bonds. The van der Waals surface area contributed by atoms with E-state index >= 15 is 0 Å². The van der Waals surface area contributed by atoms with Crippen LogP contribution in [0.3, 0.4) is 0 Å². The number of hydrogen-bond donors (Lipinski definition) is 1. The molecule has 3 unspecified atom stereocenters. The number of fused-ring (bicyclic) bond motifs is 2. The van der Waals surface area contributed by atoms with Crippen molar-refractivity contribution in [2.24, 2.45) is 17.8 Å². The van der Waals surface area contributed by atoms with Gasteiger partial charge in [-0.25, -0.2) is 9.18 Å². The van der Waals surface area contributed by atoms with E-state index in [9.17, 15) is 14.0 Å². The quantitative estimate of drug-likeness (QED) is 0.887. The summed E-state index contributed by atoms with van der Waals surface area (Å²) in [6.07, 6.45) is 0.824. The van der Waals surface area contributed by atoms with Gasteiger partial charge >= 0.3 is 6.03 Å². The largest absolute Gasteiger partial charge is 0.338 e. The Morgan fingerprint density at radius 2 is 1.75 bits per heavy atom. The second kappa shape index (κ2) is 6.62. The lowest BCUT2D eigenvalue weighted by molar-refractivity contribution is -0.119. The zero-order valence-corrected chi connectivity index (χ0v) is 15.5. The van der Waals surface area contributed by atoms with Gasteiger partial charge in [-0.2, -0.15) is 0 Å². The van der Waals surface area contributed by atoms with Crippen LogP contribution in [0.4, 0.5) is 14.9 Å². The molecule has 0 aromatic heterocycles. The van der Waals surface area contributed by atoms with Crippen molar-refractivity contribution in [2.75, 3.05) is 18.0 Å². The number of carbonyl (C=O) groups is 2. The smallest absolute Gasteiger partial charge is 0.318 e. The third-order valence-electron chi connectivity index (χ3n) is 6.30. The van der Waals surface area contributed by atoms with Crippen molar-refractivity contribution in [3.63, 3.8) is 0 Å². The van der Waals surface area contributed by atoms with Crippen molar-refractivity contribution in [1.82, 2.24) is 10.2 Å². The van der Waals surface area contributed by atoms with Crippen LogP contribution in [-0.2, 0) is 17.9 Å². The van der Waals surface area contributed by atoms with Crippen molar-refractivity contribution in [3.05, 3.63) is 65.5 Å². The fourth-order valence-electron chi connectivity index (χ4n) is 4.72. The Morgan fingerprint density at radius 1 is 1.07 bits per heavy atom. The molecule has 1 aliphatic carbocycles. The Bertz CT molecular complexity index is 905. The van der Waals surface area contributed by atoms with Gasteiger partial charge in [-0.3, -0.25) is 4.79 Å². The Kier molecular flexibility index (Phi) is 4.07. The number of piperidine rings is 1. The van der Waals surface area contributed by atoms with E-state index in [4.69, 9.17) is 0 Å². The van der Waals surface area contributed by atoms with Crippen molar-refractivity contribution in [1.29, 1.82) is 0 Å². The SMILES string of the molecule is O=C(NCCC1C2CN(c3ccc(F)cc3)C(=O)C12)N1Cc2ccccc2C1. The number of nitrogens with zero attached hydrogens (tertiary/aromatic N) is 2. The molecule has 0 spiro atoms. The molecule has 144 valence electrons. The number of rotatable bonds is 4. The molecule has 1 saturated heterocycles. The summed E-state index contributed by atoms with van der Waals surface area (Å²) in [7, 11) is 0. The fourth-order valence-corrected chi connectivity index (χ4v) is 4.72. The van der Waals surface area contributed by atoms with Crippen LogP contribution in [0, 0.1) is 23.6 Å². The second-order valence-electron chi connectivity index (χ2n) is 7.92. The van der Waals surface area contributed by atoms with Crippen LogP contribution >= 0.6 is 0 Å². The first-order chi connectivity index (χ1) is 13.6. The molecule has 1 N–H and O–H groups in total. The first-order valence-electron chi connectivity index (χ1n) is 9.78. The van der Waals surface area contributed by atoms with Crippen LogP contribution < -0.4 is 10.2 Å². The van der Waals surface area contributed by atoms with Gasteiger partial charge in [0.25, 0.3) is 0 Å². The Labute approximate surface area is 163 Å². The summed E-state index contributed by atoms with van der Waals surface area (Å²) < 4.78 is 13.1. The summed E-state index contributed by atoms with van der Waals surface area (Å²) >= 11 is 0. The van der Waals surface area contributed by atoms with Gasteiger partial charge in [-0.1, -0.05) is 24.3 Å². The molecule has 0 bridgehead atoms. The summed E-state index contributed by atoms with van der Waals surface area (Å²) in [6, 6.07) is 14.2. The molecule has 28 heavy (non-hydrogen) atoms. The molecule has 2 fully saturated rings. The van der Waals surface area contributed by atoms with Gasteiger partial charge in [0, 0.05) is 37.8 Å². The van der Waals surface area contributed by atoms with E-state index in [1.807, 2.05) is 17.0 Å². The standard InChI is InChI=1S/C22H22FN3O2/c23-16-5-7-17(8-6-16)26-13-19-18(20(19)21(26)27)9-10-24-22(28)25-11-14-3-1-2-4-15(14)12-25/h1-8,18-20H,9-13H2,(H,24,28). The highest BCUT2D eigenvalue weighted by Gasteiger charge is 2.61. The topological polar surface area (TPSA) is 52.7 Å². The van der Waals surface area contributed by atoms with E-state index in [1.54, 1.807) is 17.0 Å². The summed E-state index contributed by atoms with van der Waals surface area (Å²) in [5, 5.41) is 3.00. The minimum absolute atomic E-state index is 0.0405. The van der Waals surface area contributed by atoms with Crippen LogP contribution in [0.2, 0.25) is 0 Å². The zero-order valence-electron chi connectivity index (χ0n) is 15.5. The van der Waals surface area contributed by atoms with Crippen molar-refractivity contribution in [3.8, 4) is 0 Å². The van der Waals surface area contributed by atoms with Crippen molar-refractivity contribution < 1.29 is 14.0 Å². The average molecular weight is 379 g/mol. The summed E-state index contributed by atoms with van der Waals surface area (Å²) in [4.78, 5) is 28.6. The third-order valence-corrected chi connectivity index (χ3v) is 6.30. The molecular formula is C22H22FN3O2. The monoisotopic (exact) mass is 379 g/mol. The molecule has 2 aliphatic heterocycles. The lowest BCUT2D eigenvalue weighted by Gasteiger charge is -2.20. The number of carbonyl (C=O) groups excluding carboxylic acids is 2. The summed E-state index contributed by atoms with van der Waals surface area (Å²) in [5.41, 5.74) is 3.18. The third kappa shape index (κ3) is 2.93. The average Bonchev–Trinajstić information content (AvgIpc) is 3.04. The number of amides is 3. The number of nitrogens with one attached hydrogen (secondary N) is 1. The molecule has 6 heteroatoms. The summed E-state index contributed by atoms with van der Waals surface area (Å²) in [6.45, 7) is 2.59. The van der Waals surface area contributed by atoms with Gasteiger partial charge in [-0.15, -0.1) is 0 Å². The van der Waals surface area contributed by atoms with Crippen LogP contribution in [0.15, 0.2) is 48.5 Å². The molecule has 5 rings (SSSR count). The number of hydrogen-bond acceptors (Lipinski definition) is 2. The number of benzene rings is 2. The maximum absolute atomic E-state index is 13.1. The Morgan fingerprint density at radius 3 is 2.36 bits per heavy atom. The first-order valence-corrected chi connectivity index (χ1v) is 9.78. The van der Waals surface area contributed by atoms with E-state index in [1.165, 1.54) is 23.3 Å². The number of halogens is 1. The van der Waals surface area contributed by atoms with E-state index in [0.717, 1.165) is 12.1 Å². The molecule has 2 aromatic rings. The minimum Gasteiger partial charge on any atom is -0.338 e. The Hall–Kier alpha value is -2.89. The minimum atomic E-state index is -0.296. The summed E-state index contributed by atoms with van der Waals surface area (Å²) in [5.74, 6) is 0.585. The lowest BCUT2D eigenvalue weighted by Crippen LogP contribution is -2.37. The van der Waals surface area contributed by atoms with Gasteiger partial charge in [-0.05, 0) is 53.6 Å². The van der Waals surface area contributed by atoms with E-state index in [0.29, 0.717) is 38.0 Å². The fraction of sp³-hybridized carbons (Fsp3) is 0.364. The maximum atomic E-state index is 13.1. The molecule has 3 atom stereocenters. The molecule has 0 radical (unpaired) electrons. The molecular weight excluding hydrogens is 357 g/mol. The van der Waals surface area contributed by atoms with Crippen molar-refractivity contribution in [2.45, 2.75) is 19.5 Å². The number of anilines is 1. The predicted octanol–water partition coefficient (Wildman–Crippen LogP) is 3.15. The lowest BCUT2D eigenvalue weighted by atomic mass is 10.1. The molecule has 5 nitrogen and oxygen atoms in total. The molecule has 3 aliphatic rings. The van der Waals surface area contributed by atoms with Gasteiger partial charge < -0.3 is 15.1 Å². The zero-order chi connectivity index (χ0) is 19.3. The van der Waals surface area contributed by atoms with Gasteiger partial charge in [0.15, 0.2) is 0 Å². The number of urea groups is 1. The first kappa shape index (κ1) is 17.2. The highest BCUT2D eigenvalue weighted by Crippen LogP contribution is 2.54. The maximum Gasteiger partial charge on any atom is 0.318 e. The van der Waals surface area contributed by atoms with E-state index in [2.05, 4.69) is 17.4 Å². The Balaban J connectivity index is 1.09. The van der Waals surface area contributed by atoms with Crippen LogP contribution in [0.1, 0.15) is 17.5 Å².